The van der Waals surface area contributed by atoms with Crippen LogP contribution in [0.4, 0.5) is 10.1 Å². The topological polar surface area (TPSA) is 89.3 Å². The van der Waals surface area contributed by atoms with Crippen molar-refractivity contribution in [3.63, 3.8) is 0 Å². The van der Waals surface area contributed by atoms with Gasteiger partial charge in [0, 0.05) is 17.7 Å². The molecule has 3 heterocycles. The number of carbonyl (C=O) groups excluding carboxylic acids is 2. The van der Waals surface area contributed by atoms with E-state index in [4.69, 9.17) is 13.9 Å². The minimum absolute atomic E-state index is 0.0219. The van der Waals surface area contributed by atoms with Crippen molar-refractivity contribution >= 4 is 28.5 Å². The summed E-state index contributed by atoms with van der Waals surface area (Å²) in [6.07, 6.45) is 0.331. The number of para-hydroxylation sites is 1. The molecule has 0 saturated heterocycles. The Morgan fingerprint density at radius 2 is 1.62 bits per heavy atom. The molecule has 1 unspecified atom stereocenters. The highest BCUT2D eigenvalue weighted by atomic mass is 19.1. The second-order valence-electron chi connectivity index (χ2n) is 11.2. The van der Waals surface area contributed by atoms with Crippen LogP contribution in [-0.4, -0.2) is 37.5 Å². The van der Waals surface area contributed by atoms with Crippen LogP contribution in [0.15, 0.2) is 94.1 Å². The van der Waals surface area contributed by atoms with Crippen molar-refractivity contribution in [2.24, 2.45) is 0 Å². The number of hydrogen-bond donors (Lipinski definition) is 0. The van der Waals surface area contributed by atoms with Crippen LogP contribution in [0, 0.1) is 12.7 Å². The average molecular weight is 605 g/mol. The number of amides is 2. The summed E-state index contributed by atoms with van der Waals surface area (Å²) in [5.41, 5.74) is 0.891. The molecular formula is C36H29FN2O6. The summed E-state index contributed by atoms with van der Waals surface area (Å²) in [5.74, 6) is -0.635. The van der Waals surface area contributed by atoms with Crippen molar-refractivity contribution in [1.29, 1.82) is 0 Å². The van der Waals surface area contributed by atoms with E-state index in [0.717, 1.165) is 11.1 Å². The molecule has 5 aromatic rings. The van der Waals surface area contributed by atoms with Crippen LogP contribution >= 0.6 is 0 Å². The number of nitrogens with zero attached hydrogens (tertiary/aromatic N) is 2. The normalized spacial score (nSPS) is 16.9. The fourth-order valence-corrected chi connectivity index (χ4v) is 6.64. The molecule has 7 rings (SSSR count). The highest BCUT2D eigenvalue weighted by Gasteiger charge is 2.64. The third kappa shape index (κ3) is 4.14. The van der Waals surface area contributed by atoms with E-state index in [-0.39, 0.29) is 35.4 Å². The lowest BCUT2D eigenvalue weighted by Crippen LogP contribution is -2.53. The number of fused-ring (bicyclic) bond motifs is 5. The molecule has 2 aliphatic heterocycles. The molecule has 45 heavy (non-hydrogen) atoms. The largest absolute Gasteiger partial charge is 0.493 e. The molecule has 0 radical (unpaired) electrons. The molecule has 1 atom stereocenters. The zero-order valence-electron chi connectivity index (χ0n) is 24.9. The maximum Gasteiger partial charge on any atom is 0.291 e. The number of ether oxygens (including phenoxy) is 2. The lowest BCUT2D eigenvalue weighted by molar-refractivity contribution is -0.126. The highest BCUT2D eigenvalue weighted by molar-refractivity contribution is 6.17. The molecule has 0 bridgehead atoms. The first-order valence-corrected chi connectivity index (χ1v) is 14.5. The molecule has 8 nitrogen and oxygen atoms in total. The Kier molecular flexibility index (Phi) is 6.69. The van der Waals surface area contributed by atoms with Crippen LogP contribution in [0.25, 0.3) is 11.0 Å². The number of rotatable bonds is 7. The summed E-state index contributed by atoms with van der Waals surface area (Å²) in [6, 6.07) is 23.9. The lowest BCUT2D eigenvalue weighted by atomic mass is 9.83. The summed E-state index contributed by atoms with van der Waals surface area (Å²) < 4.78 is 31.9. The van der Waals surface area contributed by atoms with Crippen LogP contribution in [-0.2, 0) is 23.3 Å². The van der Waals surface area contributed by atoms with Gasteiger partial charge in [-0.1, -0.05) is 54.1 Å². The maximum atomic E-state index is 15.0. The number of hydrogen-bond acceptors (Lipinski definition) is 6. The minimum atomic E-state index is -1.82. The summed E-state index contributed by atoms with van der Waals surface area (Å²) in [7, 11) is 3.09. The van der Waals surface area contributed by atoms with Gasteiger partial charge in [-0.25, -0.2) is 4.39 Å². The van der Waals surface area contributed by atoms with Gasteiger partial charge in [-0.05, 0) is 55.3 Å². The monoisotopic (exact) mass is 604 g/mol. The Bertz CT molecular complexity index is 2090. The number of aryl methyl sites for hydroxylation is 1. The molecule has 9 heteroatoms. The summed E-state index contributed by atoms with van der Waals surface area (Å²) in [5, 5.41) is 0.278. The number of halogens is 1. The van der Waals surface area contributed by atoms with Gasteiger partial charge in [0.25, 0.3) is 11.8 Å². The first kappa shape index (κ1) is 28.3. The summed E-state index contributed by atoms with van der Waals surface area (Å²) >= 11 is 0. The fourth-order valence-electron chi connectivity index (χ4n) is 6.64. The quantitative estimate of drug-likeness (QED) is 0.235. The molecule has 0 N–H and O–H groups in total. The van der Waals surface area contributed by atoms with Gasteiger partial charge in [0.2, 0.25) is 5.76 Å². The lowest BCUT2D eigenvalue weighted by Gasteiger charge is -2.34. The molecule has 4 aromatic carbocycles. The molecule has 2 amide bonds. The van der Waals surface area contributed by atoms with E-state index in [0.29, 0.717) is 34.7 Å². The zero-order chi connectivity index (χ0) is 31.5. The molecule has 0 saturated carbocycles. The third-order valence-electron chi connectivity index (χ3n) is 8.75. The van der Waals surface area contributed by atoms with E-state index < -0.39 is 28.6 Å². The minimum Gasteiger partial charge on any atom is -0.493 e. The van der Waals surface area contributed by atoms with Crippen molar-refractivity contribution in [2.45, 2.75) is 25.4 Å². The average Bonchev–Trinajstić information content (AvgIpc) is 3.44. The third-order valence-corrected chi connectivity index (χ3v) is 8.75. The van der Waals surface area contributed by atoms with Gasteiger partial charge < -0.3 is 23.7 Å². The van der Waals surface area contributed by atoms with E-state index in [1.807, 2.05) is 19.1 Å². The molecule has 0 fully saturated rings. The van der Waals surface area contributed by atoms with E-state index in [1.165, 1.54) is 15.9 Å². The maximum absolute atomic E-state index is 15.0. The van der Waals surface area contributed by atoms with Crippen LogP contribution in [0.3, 0.4) is 0 Å². The fraction of sp³-hybridized carbons (Fsp3) is 0.194. The number of anilines is 1. The van der Waals surface area contributed by atoms with E-state index in [2.05, 4.69) is 0 Å². The molecule has 0 aliphatic carbocycles. The summed E-state index contributed by atoms with van der Waals surface area (Å²) in [6.45, 7) is 1.84. The Morgan fingerprint density at radius 1 is 0.867 bits per heavy atom. The standard InChI is InChI=1S/C36H29FN2O6/c1-21-12-14-28-24(18-21)32(40)31-33(45-28)34(41)39(17-16-22-13-15-29(43-2)30(19-22)44-3)36(31)25-9-5-7-11-27(25)38(35(36)42)20-23-8-4-6-10-26(23)37/h4-15,18-19H,16-17,20H2,1-3H3. The van der Waals surface area contributed by atoms with Crippen molar-refractivity contribution in [2.75, 3.05) is 25.7 Å². The molecule has 2 aliphatic rings. The second-order valence-corrected chi connectivity index (χ2v) is 11.2. The van der Waals surface area contributed by atoms with Gasteiger partial charge >= 0.3 is 0 Å². The molecule has 1 aromatic heterocycles. The van der Waals surface area contributed by atoms with Crippen LogP contribution in [0.2, 0.25) is 0 Å². The van der Waals surface area contributed by atoms with Crippen molar-refractivity contribution < 1.29 is 27.9 Å². The smallest absolute Gasteiger partial charge is 0.291 e. The van der Waals surface area contributed by atoms with Gasteiger partial charge in [0.15, 0.2) is 22.5 Å². The Balaban J connectivity index is 1.43. The van der Waals surface area contributed by atoms with Crippen LogP contribution in [0.5, 0.6) is 11.5 Å². The SMILES string of the molecule is COc1ccc(CCN2C(=O)c3oc4ccc(C)cc4c(=O)c3C23C(=O)N(Cc2ccccc2F)c2ccccc23)cc1OC. The number of methoxy groups -OCH3 is 2. The Morgan fingerprint density at radius 3 is 2.40 bits per heavy atom. The summed E-state index contributed by atoms with van der Waals surface area (Å²) in [4.78, 5) is 46.6. The van der Waals surface area contributed by atoms with Gasteiger partial charge in [0.05, 0.1) is 37.4 Å². The van der Waals surface area contributed by atoms with Crippen LogP contribution < -0.4 is 19.8 Å². The zero-order valence-corrected chi connectivity index (χ0v) is 24.9. The Labute approximate surface area is 258 Å². The predicted molar refractivity (Wildman–Crippen MR) is 166 cm³/mol. The van der Waals surface area contributed by atoms with E-state index >= 15 is 0 Å². The molecular weight excluding hydrogens is 575 g/mol. The Hall–Kier alpha value is -5.44. The van der Waals surface area contributed by atoms with Crippen molar-refractivity contribution in [3.8, 4) is 11.5 Å². The molecule has 226 valence electrons. The van der Waals surface area contributed by atoms with E-state index in [9.17, 15) is 18.8 Å². The number of carbonyl (C=O) groups is 2. The van der Waals surface area contributed by atoms with Crippen LogP contribution in [0.1, 0.15) is 38.4 Å². The predicted octanol–water partition coefficient (Wildman–Crippen LogP) is 5.75. The van der Waals surface area contributed by atoms with Crippen molar-refractivity contribution in [1.82, 2.24) is 4.90 Å². The van der Waals surface area contributed by atoms with Gasteiger partial charge in [0.1, 0.15) is 11.4 Å². The first-order valence-electron chi connectivity index (χ1n) is 14.5. The van der Waals surface area contributed by atoms with Gasteiger partial charge in [-0.15, -0.1) is 0 Å². The van der Waals surface area contributed by atoms with Gasteiger partial charge in [-0.3, -0.25) is 14.4 Å². The van der Waals surface area contributed by atoms with Crippen molar-refractivity contribution in [3.05, 3.63) is 135 Å². The molecule has 1 spiro atoms. The first-order chi connectivity index (χ1) is 21.8. The second kappa shape index (κ2) is 10.6. The van der Waals surface area contributed by atoms with Gasteiger partial charge in [-0.2, -0.15) is 0 Å². The number of benzene rings is 4. The highest BCUT2D eigenvalue weighted by Crippen LogP contribution is 2.53. The van der Waals surface area contributed by atoms with E-state index in [1.54, 1.807) is 80.9 Å².